The zero-order valence-corrected chi connectivity index (χ0v) is 22.8. The lowest BCUT2D eigenvalue weighted by atomic mass is 9.82. The first-order valence-electron chi connectivity index (χ1n) is 13.3. The summed E-state index contributed by atoms with van der Waals surface area (Å²) in [7, 11) is 0. The van der Waals surface area contributed by atoms with Crippen LogP contribution in [0.25, 0.3) is 0 Å². The van der Waals surface area contributed by atoms with Crippen LogP contribution in [0.1, 0.15) is 91.8 Å². The van der Waals surface area contributed by atoms with Crippen LogP contribution in [0.3, 0.4) is 0 Å². The Bertz CT molecular complexity index is 981. The van der Waals surface area contributed by atoms with E-state index < -0.39 is 35.1 Å². The summed E-state index contributed by atoms with van der Waals surface area (Å²) >= 11 is 0. The van der Waals surface area contributed by atoms with Gasteiger partial charge in [0.15, 0.2) is 5.60 Å². The molecule has 1 amide bonds. The van der Waals surface area contributed by atoms with Gasteiger partial charge in [0.2, 0.25) is 5.79 Å². The second-order valence-electron chi connectivity index (χ2n) is 12.5. The number of aromatic nitrogens is 1. The SMILES string of the molecule is CC(C)C[C@H](NC(=O)OC(C)(C)C)[C@@]1(Cc2nccc3c2CC(CCC2CC2)O3)OC(C)(C)OC1=O. The molecule has 1 aliphatic carbocycles. The maximum Gasteiger partial charge on any atom is 0.407 e. The number of ether oxygens (including phenoxy) is 4. The second kappa shape index (κ2) is 9.84. The minimum atomic E-state index is -1.45. The summed E-state index contributed by atoms with van der Waals surface area (Å²) in [5.41, 5.74) is -0.362. The van der Waals surface area contributed by atoms with Crippen LogP contribution in [0.2, 0.25) is 0 Å². The number of hydrogen-bond acceptors (Lipinski definition) is 7. The molecule has 8 heteroatoms. The van der Waals surface area contributed by atoms with Gasteiger partial charge in [-0.1, -0.05) is 26.7 Å². The number of nitrogens with one attached hydrogen (secondary N) is 1. The third-order valence-electron chi connectivity index (χ3n) is 6.92. The van der Waals surface area contributed by atoms with Crippen molar-refractivity contribution in [1.82, 2.24) is 10.3 Å². The smallest absolute Gasteiger partial charge is 0.407 e. The van der Waals surface area contributed by atoms with E-state index in [1.807, 2.05) is 19.9 Å². The highest BCUT2D eigenvalue weighted by Gasteiger charge is 2.59. The molecular formula is C28H42N2O6. The number of alkyl carbamates (subject to hydrolysis) is 1. The molecule has 1 aromatic rings. The molecule has 1 unspecified atom stereocenters. The fourth-order valence-corrected chi connectivity index (χ4v) is 5.23. The first kappa shape index (κ1) is 26.7. The summed E-state index contributed by atoms with van der Waals surface area (Å²) in [5.74, 6) is 0.201. The van der Waals surface area contributed by atoms with Crippen molar-refractivity contribution in [2.75, 3.05) is 0 Å². The maximum absolute atomic E-state index is 13.6. The highest BCUT2D eigenvalue weighted by Crippen LogP contribution is 2.42. The van der Waals surface area contributed by atoms with Gasteiger partial charge in [0.1, 0.15) is 17.5 Å². The molecule has 3 atom stereocenters. The molecule has 0 bridgehead atoms. The topological polar surface area (TPSA) is 96.0 Å². The minimum absolute atomic E-state index is 0.124. The Balaban J connectivity index is 1.63. The summed E-state index contributed by atoms with van der Waals surface area (Å²) in [4.78, 5) is 31.1. The highest BCUT2D eigenvalue weighted by atomic mass is 16.8. The number of esters is 1. The van der Waals surface area contributed by atoms with Gasteiger partial charge < -0.3 is 24.3 Å². The molecular weight excluding hydrogens is 460 g/mol. The number of carbonyl (C=O) groups is 2. The molecule has 1 N–H and O–H groups in total. The predicted molar refractivity (Wildman–Crippen MR) is 135 cm³/mol. The van der Waals surface area contributed by atoms with Gasteiger partial charge in [-0.05, 0) is 57.9 Å². The molecule has 2 fully saturated rings. The molecule has 0 radical (unpaired) electrons. The fraction of sp³-hybridized carbons (Fsp3) is 0.750. The van der Waals surface area contributed by atoms with Crippen LogP contribution in [-0.4, -0.2) is 46.2 Å². The lowest BCUT2D eigenvalue weighted by Crippen LogP contribution is -2.59. The quantitative estimate of drug-likeness (QED) is 0.469. The molecule has 3 heterocycles. The van der Waals surface area contributed by atoms with Crippen molar-refractivity contribution in [3.63, 3.8) is 0 Å². The maximum atomic E-state index is 13.6. The Kier molecular flexibility index (Phi) is 7.30. The number of nitrogens with zero attached hydrogens (tertiary/aromatic N) is 1. The minimum Gasteiger partial charge on any atom is -0.490 e. The van der Waals surface area contributed by atoms with E-state index in [2.05, 4.69) is 10.3 Å². The van der Waals surface area contributed by atoms with Crippen molar-refractivity contribution in [2.24, 2.45) is 11.8 Å². The number of pyridine rings is 1. The van der Waals surface area contributed by atoms with Crippen molar-refractivity contribution < 1.29 is 28.5 Å². The molecule has 0 aromatic carbocycles. The number of carbonyl (C=O) groups excluding carboxylic acids is 2. The lowest BCUT2D eigenvalue weighted by Gasteiger charge is -2.36. The Morgan fingerprint density at radius 2 is 1.97 bits per heavy atom. The van der Waals surface area contributed by atoms with Gasteiger partial charge in [0.25, 0.3) is 0 Å². The van der Waals surface area contributed by atoms with Crippen LogP contribution in [0.15, 0.2) is 12.3 Å². The zero-order valence-electron chi connectivity index (χ0n) is 22.8. The van der Waals surface area contributed by atoms with E-state index in [9.17, 15) is 9.59 Å². The lowest BCUT2D eigenvalue weighted by molar-refractivity contribution is -0.170. The first-order valence-corrected chi connectivity index (χ1v) is 13.3. The molecule has 1 aromatic heterocycles. The Morgan fingerprint density at radius 3 is 2.56 bits per heavy atom. The summed E-state index contributed by atoms with van der Waals surface area (Å²) < 4.78 is 23.9. The molecule has 4 rings (SSSR count). The van der Waals surface area contributed by atoms with Crippen LogP contribution < -0.4 is 10.1 Å². The number of fused-ring (bicyclic) bond motifs is 1. The Hall–Kier alpha value is -2.35. The van der Waals surface area contributed by atoms with Gasteiger partial charge in [0.05, 0.1) is 11.7 Å². The van der Waals surface area contributed by atoms with Crippen LogP contribution in [-0.2, 0) is 31.8 Å². The van der Waals surface area contributed by atoms with E-state index in [4.69, 9.17) is 18.9 Å². The second-order valence-corrected chi connectivity index (χ2v) is 12.5. The molecule has 1 saturated carbocycles. The summed E-state index contributed by atoms with van der Waals surface area (Å²) in [6, 6.07) is 1.22. The van der Waals surface area contributed by atoms with Crippen molar-refractivity contribution in [2.45, 2.75) is 123 Å². The number of cyclic esters (lactones) is 1. The third kappa shape index (κ3) is 6.31. The molecule has 2 aliphatic heterocycles. The summed E-state index contributed by atoms with van der Waals surface area (Å²) in [6.07, 6.45) is 7.53. The van der Waals surface area contributed by atoms with Gasteiger partial charge in [-0.25, -0.2) is 9.59 Å². The predicted octanol–water partition coefficient (Wildman–Crippen LogP) is 5.11. The Labute approximate surface area is 214 Å². The highest BCUT2D eigenvalue weighted by molar-refractivity contribution is 5.84. The van der Waals surface area contributed by atoms with E-state index in [1.165, 1.54) is 19.3 Å². The standard InChI is InChI=1S/C28H42N2O6/c1-17(2)14-23(30-25(32)35-26(3,4)5)28(24(31)34-27(6,7)36-28)16-21-20-15-19(11-10-18-8-9-18)33-22(20)12-13-29-21/h12-13,17-19,23H,8-11,14-16H2,1-7H3,(H,30,32)/t19?,23-,28+/m0/s1. The fourth-order valence-electron chi connectivity index (χ4n) is 5.23. The Morgan fingerprint density at radius 1 is 1.25 bits per heavy atom. The van der Waals surface area contributed by atoms with Gasteiger partial charge in [-0.2, -0.15) is 0 Å². The van der Waals surface area contributed by atoms with Gasteiger partial charge in [-0.3, -0.25) is 4.98 Å². The molecule has 8 nitrogen and oxygen atoms in total. The van der Waals surface area contributed by atoms with E-state index in [0.29, 0.717) is 6.42 Å². The summed E-state index contributed by atoms with van der Waals surface area (Å²) in [5, 5.41) is 2.95. The van der Waals surface area contributed by atoms with Gasteiger partial charge >= 0.3 is 12.1 Å². The molecule has 0 spiro atoms. The average Bonchev–Trinajstić information content (AvgIpc) is 3.40. The van der Waals surface area contributed by atoms with Gasteiger partial charge in [-0.15, -0.1) is 0 Å². The van der Waals surface area contributed by atoms with Crippen molar-refractivity contribution in [3.8, 4) is 5.75 Å². The van der Waals surface area contributed by atoms with Crippen molar-refractivity contribution in [1.29, 1.82) is 0 Å². The van der Waals surface area contributed by atoms with Crippen molar-refractivity contribution in [3.05, 3.63) is 23.5 Å². The molecule has 1 saturated heterocycles. The van der Waals surface area contributed by atoms with Crippen LogP contribution in [0.4, 0.5) is 4.79 Å². The van der Waals surface area contributed by atoms with E-state index in [0.717, 1.165) is 35.8 Å². The summed E-state index contributed by atoms with van der Waals surface area (Å²) in [6.45, 7) is 12.9. The zero-order chi connectivity index (χ0) is 26.3. The largest absolute Gasteiger partial charge is 0.490 e. The molecule has 36 heavy (non-hydrogen) atoms. The average molecular weight is 503 g/mol. The molecule has 200 valence electrons. The third-order valence-corrected chi connectivity index (χ3v) is 6.92. The van der Waals surface area contributed by atoms with E-state index in [-0.39, 0.29) is 18.4 Å². The van der Waals surface area contributed by atoms with Crippen LogP contribution >= 0.6 is 0 Å². The molecule has 3 aliphatic rings. The van der Waals surface area contributed by atoms with Crippen LogP contribution in [0.5, 0.6) is 5.75 Å². The number of rotatable bonds is 9. The van der Waals surface area contributed by atoms with E-state index >= 15 is 0 Å². The van der Waals surface area contributed by atoms with Crippen LogP contribution in [0, 0.1) is 11.8 Å². The first-order chi connectivity index (χ1) is 16.8. The van der Waals surface area contributed by atoms with Gasteiger partial charge in [0, 0.05) is 38.4 Å². The van der Waals surface area contributed by atoms with E-state index in [1.54, 1.807) is 40.8 Å². The number of amides is 1. The normalized spacial score (nSPS) is 25.8. The number of hydrogen-bond donors (Lipinski definition) is 1. The monoisotopic (exact) mass is 502 g/mol. The van der Waals surface area contributed by atoms with Crippen molar-refractivity contribution >= 4 is 12.1 Å².